The van der Waals surface area contributed by atoms with Gasteiger partial charge in [0.15, 0.2) is 0 Å². The van der Waals surface area contributed by atoms with Crippen molar-refractivity contribution in [3.63, 3.8) is 0 Å². The second-order valence-corrected chi connectivity index (χ2v) is 3.86. The van der Waals surface area contributed by atoms with Crippen LogP contribution < -0.4 is 5.32 Å². The van der Waals surface area contributed by atoms with Crippen LogP contribution in [-0.4, -0.2) is 30.4 Å². The fraction of sp³-hybridized carbons (Fsp3) is 0.267. The van der Waals surface area contributed by atoms with Gasteiger partial charge >= 0.3 is 0 Å². The lowest BCUT2D eigenvalue weighted by Gasteiger charge is -2.21. The topological polar surface area (TPSA) is 32.3 Å². The molecule has 0 aliphatic heterocycles. The van der Waals surface area contributed by atoms with Crippen molar-refractivity contribution >= 4 is 11.6 Å². The first kappa shape index (κ1) is 14.0. The summed E-state index contributed by atoms with van der Waals surface area (Å²) >= 11 is 0. The van der Waals surface area contributed by atoms with Crippen LogP contribution >= 0.6 is 0 Å². The van der Waals surface area contributed by atoms with Crippen molar-refractivity contribution in [2.24, 2.45) is 0 Å². The first-order chi connectivity index (χ1) is 8.74. The van der Waals surface area contributed by atoms with Crippen LogP contribution in [0.5, 0.6) is 0 Å². The molecule has 0 aliphatic rings. The van der Waals surface area contributed by atoms with Gasteiger partial charge in [0.25, 0.3) is 5.91 Å². The van der Waals surface area contributed by atoms with Gasteiger partial charge in [0.1, 0.15) is 0 Å². The van der Waals surface area contributed by atoms with Crippen LogP contribution in [-0.2, 0) is 0 Å². The molecule has 0 fully saturated rings. The van der Waals surface area contributed by atoms with Crippen LogP contribution in [0.1, 0.15) is 17.3 Å². The minimum absolute atomic E-state index is 0.00801. The average Bonchev–Trinajstić information content (AvgIpc) is 2.39. The summed E-state index contributed by atoms with van der Waals surface area (Å²) in [7, 11) is 0. The van der Waals surface area contributed by atoms with E-state index in [1.54, 1.807) is 17.1 Å². The average molecular weight is 244 g/mol. The van der Waals surface area contributed by atoms with Gasteiger partial charge in [-0.15, -0.1) is 13.2 Å². The van der Waals surface area contributed by atoms with Crippen LogP contribution in [0.3, 0.4) is 0 Å². The minimum atomic E-state index is -0.00801. The van der Waals surface area contributed by atoms with Crippen molar-refractivity contribution < 1.29 is 4.79 Å². The lowest BCUT2D eigenvalue weighted by molar-refractivity contribution is 0.0792. The third-order valence-electron chi connectivity index (χ3n) is 2.51. The molecule has 18 heavy (non-hydrogen) atoms. The summed E-state index contributed by atoms with van der Waals surface area (Å²) in [6.45, 7) is 11.2. The van der Waals surface area contributed by atoms with Crippen molar-refractivity contribution in [1.29, 1.82) is 0 Å². The zero-order valence-electron chi connectivity index (χ0n) is 10.9. The first-order valence-corrected chi connectivity index (χ1v) is 6.08. The Labute approximate surface area is 109 Å². The molecule has 0 radical (unpaired) electrons. The highest BCUT2D eigenvalue weighted by molar-refractivity contribution is 5.99. The highest BCUT2D eigenvalue weighted by Crippen LogP contribution is 2.17. The van der Waals surface area contributed by atoms with Gasteiger partial charge in [-0.25, -0.2) is 0 Å². The number of carbonyl (C=O) groups is 1. The number of rotatable bonds is 7. The number of anilines is 1. The summed E-state index contributed by atoms with van der Waals surface area (Å²) in [4.78, 5) is 14.1. The van der Waals surface area contributed by atoms with E-state index in [1.165, 1.54) is 0 Å². The number of para-hydroxylation sites is 1. The molecule has 0 aliphatic carbocycles. The zero-order chi connectivity index (χ0) is 13.4. The lowest BCUT2D eigenvalue weighted by atomic mass is 10.1. The maximum Gasteiger partial charge on any atom is 0.256 e. The van der Waals surface area contributed by atoms with Gasteiger partial charge in [0.2, 0.25) is 0 Å². The minimum Gasteiger partial charge on any atom is -0.385 e. The number of hydrogen-bond acceptors (Lipinski definition) is 2. The van der Waals surface area contributed by atoms with Crippen molar-refractivity contribution in [1.82, 2.24) is 4.90 Å². The third-order valence-corrected chi connectivity index (χ3v) is 2.51. The summed E-state index contributed by atoms with van der Waals surface area (Å²) in [6.07, 6.45) is 3.44. The van der Waals surface area contributed by atoms with Crippen molar-refractivity contribution in [2.45, 2.75) is 6.92 Å². The Hall–Kier alpha value is -2.03. The molecule has 1 aromatic carbocycles. The molecule has 0 unspecified atom stereocenters. The van der Waals surface area contributed by atoms with E-state index in [1.807, 2.05) is 31.2 Å². The highest BCUT2D eigenvalue weighted by Gasteiger charge is 2.16. The molecule has 0 aromatic heterocycles. The molecular formula is C15H20N2O. The Balaban J connectivity index is 2.99. The smallest absolute Gasteiger partial charge is 0.256 e. The van der Waals surface area contributed by atoms with Crippen LogP contribution in [0.4, 0.5) is 5.69 Å². The van der Waals surface area contributed by atoms with Crippen LogP contribution in [0, 0.1) is 0 Å². The second kappa shape index (κ2) is 7.33. The maximum atomic E-state index is 12.4. The Morgan fingerprint density at radius 1 is 1.28 bits per heavy atom. The molecule has 0 bridgehead atoms. The van der Waals surface area contributed by atoms with Crippen LogP contribution in [0.25, 0.3) is 0 Å². The van der Waals surface area contributed by atoms with Gasteiger partial charge in [-0.3, -0.25) is 4.79 Å². The Kier molecular flexibility index (Phi) is 5.71. The van der Waals surface area contributed by atoms with E-state index >= 15 is 0 Å². The standard InChI is InChI=1S/C15H20N2O/c1-4-11-17(12-5-2)15(18)13-9-7-8-10-14(13)16-6-3/h4-5,7-10,16H,1-2,6,11-12H2,3H3. The van der Waals surface area contributed by atoms with E-state index in [0.29, 0.717) is 18.7 Å². The Bertz CT molecular complexity index is 416. The molecule has 0 spiro atoms. The predicted molar refractivity (Wildman–Crippen MR) is 76.9 cm³/mol. The molecule has 0 saturated heterocycles. The molecule has 1 rings (SSSR count). The molecule has 0 atom stereocenters. The summed E-state index contributed by atoms with van der Waals surface area (Å²) in [5, 5.41) is 3.20. The molecule has 0 heterocycles. The fourth-order valence-electron chi connectivity index (χ4n) is 1.74. The number of carbonyl (C=O) groups excluding carboxylic acids is 1. The van der Waals surface area contributed by atoms with E-state index in [4.69, 9.17) is 0 Å². The van der Waals surface area contributed by atoms with Crippen LogP contribution in [0.15, 0.2) is 49.6 Å². The van der Waals surface area contributed by atoms with Crippen molar-refractivity contribution in [3.8, 4) is 0 Å². The first-order valence-electron chi connectivity index (χ1n) is 6.08. The zero-order valence-corrected chi connectivity index (χ0v) is 10.9. The number of nitrogens with one attached hydrogen (secondary N) is 1. The molecule has 1 amide bonds. The number of amides is 1. The van der Waals surface area contributed by atoms with E-state index in [9.17, 15) is 4.79 Å². The maximum absolute atomic E-state index is 12.4. The molecule has 1 aromatic rings. The van der Waals surface area contributed by atoms with E-state index < -0.39 is 0 Å². The van der Waals surface area contributed by atoms with Gasteiger partial charge in [-0.2, -0.15) is 0 Å². The molecular weight excluding hydrogens is 224 g/mol. The largest absolute Gasteiger partial charge is 0.385 e. The Morgan fingerprint density at radius 2 is 1.89 bits per heavy atom. The van der Waals surface area contributed by atoms with Gasteiger partial charge in [0, 0.05) is 25.3 Å². The van der Waals surface area contributed by atoms with E-state index in [2.05, 4.69) is 18.5 Å². The van der Waals surface area contributed by atoms with E-state index in [0.717, 1.165) is 12.2 Å². The number of benzene rings is 1. The number of hydrogen-bond donors (Lipinski definition) is 1. The second-order valence-electron chi connectivity index (χ2n) is 3.86. The molecule has 96 valence electrons. The van der Waals surface area contributed by atoms with Crippen LogP contribution in [0.2, 0.25) is 0 Å². The normalized spacial score (nSPS) is 9.61. The van der Waals surface area contributed by atoms with Crippen molar-refractivity contribution in [3.05, 3.63) is 55.1 Å². The monoisotopic (exact) mass is 244 g/mol. The highest BCUT2D eigenvalue weighted by atomic mass is 16.2. The molecule has 1 N–H and O–H groups in total. The van der Waals surface area contributed by atoms with Crippen molar-refractivity contribution in [2.75, 3.05) is 25.0 Å². The molecule has 3 heteroatoms. The third kappa shape index (κ3) is 3.48. The van der Waals surface area contributed by atoms with E-state index in [-0.39, 0.29) is 5.91 Å². The SMILES string of the molecule is C=CCN(CC=C)C(=O)c1ccccc1NCC. The summed E-state index contributed by atoms with van der Waals surface area (Å²) in [6, 6.07) is 7.53. The fourth-order valence-corrected chi connectivity index (χ4v) is 1.74. The summed E-state index contributed by atoms with van der Waals surface area (Å²) in [5.41, 5.74) is 1.55. The summed E-state index contributed by atoms with van der Waals surface area (Å²) < 4.78 is 0. The lowest BCUT2D eigenvalue weighted by Crippen LogP contribution is -2.31. The van der Waals surface area contributed by atoms with Gasteiger partial charge in [0.05, 0.1) is 5.56 Å². The molecule has 0 saturated carbocycles. The molecule has 3 nitrogen and oxygen atoms in total. The quantitative estimate of drug-likeness (QED) is 0.748. The van der Waals surface area contributed by atoms with Gasteiger partial charge < -0.3 is 10.2 Å². The predicted octanol–water partition coefficient (Wildman–Crippen LogP) is 2.93. The summed E-state index contributed by atoms with van der Waals surface area (Å²) in [5.74, 6) is -0.00801. The Morgan fingerprint density at radius 3 is 2.44 bits per heavy atom. The van der Waals surface area contributed by atoms with Gasteiger partial charge in [-0.05, 0) is 19.1 Å². The number of nitrogens with zero attached hydrogens (tertiary/aromatic N) is 1. The van der Waals surface area contributed by atoms with Gasteiger partial charge in [-0.1, -0.05) is 24.3 Å².